The minimum atomic E-state index is -0.433. The number of nitrogens with zero attached hydrogens (tertiary/aromatic N) is 4. The van der Waals surface area contributed by atoms with Crippen molar-refractivity contribution >= 4 is 5.91 Å². The molecule has 0 aliphatic heterocycles. The summed E-state index contributed by atoms with van der Waals surface area (Å²) in [7, 11) is 0. The molecular weight excluding hydrogens is 348 g/mol. The van der Waals surface area contributed by atoms with Crippen molar-refractivity contribution in [2.24, 2.45) is 5.92 Å². The van der Waals surface area contributed by atoms with Crippen molar-refractivity contribution in [3.8, 4) is 17.4 Å². The largest absolute Gasteiger partial charge is 0.494 e. The Morgan fingerprint density at radius 1 is 1.30 bits per heavy atom. The lowest BCUT2D eigenvalue weighted by atomic mass is 10.0. The van der Waals surface area contributed by atoms with Gasteiger partial charge in [0.2, 0.25) is 11.7 Å². The van der Waals surface area contributed by atoms with Crippen molar-refractivity contribution in [1.82, 2.24) is 30.6 Å². The van der Waals surface area contributed by atoms with Crippen LogP contribution in [0.4, 0.5) is 0 Å². The van der Waals surface area contributed by atoms with Gasteiger partial charge in [-0.1, -0.05) is 25.9 Å². The first-order valence-electron chi connectivity index (χ1n) is 8.81. The van der Waals surface area contributed by atoms with E-state index < -0.39 is 6.04 Å². The average Bonchev–Trinajstić information content (AvgIpc) is 3.35. The molecule has 0 bridgehead atoms. The Balaban J connectivity index is 1.71. The molecule has 0 aliphatic carbocycles. The number of hydrogen-bond acceptors (Lipinski definition) is 7. The van der Waals surface area contributed by atoms with Crippen LogP contribution >= 0.6 is 0 Å². The maximum Gasteiger partial charge on any atom is 0.251 e. The second-order valence-corrected chi connectivity index (χ2v) is 6.36. The molecule has 1 aromatic carbocycles. The molecule has 0 saturated heterocycles. The second-order valence-electron chi connectivity index (χ2n) is 6.36. The third kappa shape index (κ3) is 4.49. The van der Waals surface area contributed by atoms with Gasteiger partial charge in [0, 0.05) is 5.56 Å². The number of H-pyrrole nitrogens is 1. The van der Waals surface area contributed by atoms with E-state index in [1.54, 1.807) is 24.3 Å². The molecule has 3 rings (SSSR count). The van der Waals surface area contributed by atoms with E-state index in [9.17, 15) is 4.79 Å². The zero-order valence-corrected chi connectivity index (χ0v) is 15.5. The number of ether oxygens (including phenoxy) is 1. The van der Waals surface area contributed by atoms with Gasteiger partial charge in [0.1, 0.15) is 18.1 Å². The highest BCUT2D eigenvalue weighted by Gasteiger charge is 2.26. The molecule has 142 valence electrons. The number of aromatic amines is 1. The van der Waals surface area contributed by atoms with Crippen LogP contribution < -0.4 is 10.1 Å². The molecule has 9 nitrogen and oxygen atoms in total. The first-order valence-corrected chi connectivity index (χ1v) is 8.81. The summed E-state index contributed by atoms with van der Waals surface area (Å²) in [5.74, 6) is 1.57. The Kier molecular flexibility index (Phi) is 5.80. The predicted octanol–water partition coefficient (Wildman–Crippen LogP) is 2.77. The fourth-order valence-electron chi connectivity index (χ4n) is 2.43. The number of amides is 1. The van der Waals surface area contributed by atoms with Crippen molar-refractivity contribution in [3.63, 3.8) is 0 Å². The van der Waals surface area contributed by atoms with Gasteiger partial charge in [0.05, 0.1) is 6.61 Å². The Bertz CT molecular complexity index is 858. The van der Waals surface area contributed by atoms with E-state index in [2.05, 4.69) is 30.6 Å². The van der Waals surface area contributed by atoms with Crippen LogP contribution in [0.25, 0.3) is 11.6 Å². The monoisotopic (exact) mass is 370 g/mol. The Morgan fingerprint density at radius 3 is 2.70 bits per heavy atom. The molecule has 2 aromatic heterocycles. The number of carbonyl (C=O) groups is 1. The van der Waals surface area contributed by atoms with Crippen molar-refractivity contribution in [2.45, 2.75) is 33.2 Å². The molecule has 0 unspecified atom stereocenters. The van der Waals surface area contributed by atoms with Gasteiger partial charge in [0.25, 0.3) is 5.91 Å². The van der Waals surface area contributed by atoms with E-state index in [1.165, 1.54) is 6.33 Å². The van der Waals surface area contributed by atoms with Gasteiger partial charge < -0.3 is 14.6 Å². The Morgan fingerprint density at radius 2 is 2.07 bits per heavy atom. The molecule has 2 heterocycles. The molecule has 1 atom stereocenters. The van der Waals surface area contributed by atoms with Crippen LogP contribution in [0.15, 0.2) is 35.1 Å². The molecule has 1 amide bonds. The molecule has 0 radical (unpaired) electrons. The molecule has 27 heavy (non-hydrogen) atoms. The summed E-state index contributed by atoms with van der Waals surface area (Å²) < 4.78 is 10.9. The quantitative estimate of drug-likeness (QED) is 0.626. The lowest BCUT2D eigenvalue weighted by Crippen LogP contribution is -2.32. The molecule has 0 fully saturated rings. The zero-order valence-electron chi connectivity index (χ0n) is 15.5. The maximum atomic E-state index is 12.6. The van der Waals surface area contributed by atoms with Gasteiger partial charge in [-0.2, -0.15) is 10.1 Å². The molecule has 0 aliphatic rings. The van der Waals surface area contributed by atoms with Crippen molar-refractivity contribution < 1.29 is 14.1 Å². The van der Waals surface area contributed by atoms with E-state index in [1.807, 2.05) is 20.8 Å². The average molecular weight is 370 g/mol. The van der Waals surface area contributed by atoms with Crippen molar-refractivity contribution in [2.75, 3.05) is 6.61 Å². The van der Waals surface area contributed by atoms with E-state index >= 15 is 0 Å². The third-order valence-electron chi connectivity index (χ3n) is 3.88. The first-order chi connectivity index (χ1) is 13.1. The molecule has 3 aromatic rings. The highest BCUT2D eigenvalue weighted by atomic mass is 16.5. The molecule has 0 saturated carbocycles. The normalized spacial score (nSPS) is 12.1. The Hall–Kier alpha value is -3.23. The summed E-state index contributed by atoms with van der Waals surface area (Å²) in [4.78, 5) is 20.9. The van der Waals surface area contributed by atoms with Gasteiger partial charge in [-0.3, -0.25) is 9.89 Å². The highest BCUT2D eigenvalue weighted by molar-refractivity contribution is 5.94. The Labute approximate surface area is 156 Å². The van der Waals surface area contributed by atoms with E-state index in [-0.39, 0.29) is 11.8 Å². The number of aromatic nitrogens is 5. The van der Waals surface area contributed by atoms with E-state index in [4.69, 9.17) is 9.26 Å². The SMILES string of the molecule is CCCOc1ccc(C(=O)N[C@H](c2nc(-c3ncn[nH]3)no2)C(C)C)cc1. The van der Waals surface area contributed by atoms with Gasteiger partial charge in [-0.25, -0.2) is 4.98 Å². The van der Waals surface area contributed by atoms with Gasteiger partial charge in [0.15, 0.2) is 5.82 Å². The minimum Gasteiger partial charge on any atom is -0.494 e. The number of carbonyl (C=O) groups excluding carboxylic acids is 1. The summed E-state index contributed by atoms with van der Waals surface area (Å²) in [6.07, 6.45) is 2.29. The van der Waals surface area contributed by atoms with Gasteiger partial charge in [-0.15, -0.1) is 0 Å². The van der Waals surface area contributed by atoms with Crippen LogP contribution in [0.3, 0.4) is 0 Å². The van der Waals surface area contributed by atoms with Crippen LogP contribution in [0.2, 0.25) is 0 Å². The number of nitrogens with one attached hydrogen (secondary N) is 2. The van der Waals surface area contributed by atoms with Crippen LogP contribution in [0.5, 0.6) is 5.75 Å². The summed E-state index contributed by atoms with van der Waals surface area (Å²) in [6.45, 7) is 6.61. The molecule has 0 spiro atoms. The highest BCUT2D eigenvalue weighted by Crippen LogP contribution is 2.23. The van der Waals surface area contributed by atoms with Crippen molar-refractivity contribution in [1.29, 1.82) is 0 Å². The predicted molar refractivity (Wildman–Crippen MR) is 96.9 cm³/mol. The lowest BCUT2D eigenvalue weighted by molar-refractivity contribution is 0.0914. The maximum absolute atomic E-state index is 12.6. The topological polar surface area (TPSA) is 119 Å². The van der Waals surface area contributed by atoms with Crippen LogP contribution in [0.1, 0.15) is 49.5 Å². The zero-order chi connectivity index (χ0) is 19.2. The summed E-state index contributed by atoms with van der Waals surface area (Å²) in [5.41, 5.74) is 0.527. The summed E-state index contributed by atoms with van der Waals surface area (Å²) in [6, 6.07) is 6.59. The van der Waals surface area contributed by atoms with Crippen LogP contribution in [0, 0.1) is 5.92 Å². The van der Waals surface area contributed by atoms with Gasteiger partial charge >= 0.3 is 0 Å². The number of hydrogen-bond donors (Lipinski definition) is 2. The summed E-state index contributed by atoms with van der Waals surface area (Å²) >= 11 is 0. The van der Waals surface area contributed by atoms with Gasteiger partial charge in [-0.05, 0) is 36.6 Å². The molecular formula is C18H22N6O3. The van der Waals surface area contributed by atoms with E-state index in [0.29, 0.717) is 29.7 Å². The third-order valence-corrected chi connectivity index (χ3v) is 3.88. The van der Waals surface area contributed by atoms with Crippen LogP contribution in [-0.4, -0.2) is 37.8 Å². The van der Waals surface area contributed by atoms with E-state index in [0.717, 1.165) is 12.2 Å². The lowest BCUT2D eigenvalue weighted by Gasteiger charge is -2.18. The first kappa shape index (κ1) is 18.6. The van der Waals surface area contributed by atoms with Crippen LogP contribution in [-0.2, 0) is 0 Å². The number of benzene rings is 1. The fourth-order valence-corrected chi connectivity index (χ4v) is 2.43. The summed E-state index contributed by atoms with van der Waals surface area (Å²) in [5, 5.41) is 13.3. The number of rotatable bonds is 8. The standard InChI is InChI=1S/C18H22N6O3/c1-4-9-26-13-7-5-12(6-8-13)17(25)21-14(11(2)3)18-22-16(24-27-18)15-19-10-20-23-15/h5-8,10-11,14H,4,9H2,1-3H3,(H,21,25)(H,19,20,23)/t14-/m0/s1. The fraction of sp³-hybridized carbons (Fsp3) is 0.389. The molecule has 9 heteroatoms. The second kappa shape index (κ2) is 8.43. The van der Waals surface area contributed by atoms with Crippen molar-refractivity contribution in [3.05, 3.63) is 42.0 Å². The smallest absolute Gasteiger partial charge is 0.251 e. The minimum absolute atomic E-state index is 0.0455. The molecule has 2 N–H and O–H groups in total.